The highest BCUT2D eigenvalue weighted by atomic mass is 127. The molecule has 0 atom stereocenters. The van der Waals surface area contributed by atoms with E-state index in [1.165, 1.54) is 37.0 Å². The lowest BCUT2D eigenvalue weighted by atomic mass is 9.89. The zero-order valence-electron chi connectivity index (χ0n) is 17.8. The lowest BCUT2D eigenvalue weighted by molar-refractivity contribution is -0.127. The number of amides is 2. The Labute approximate surface area is 181 Å². The zero-order valence-corrected chi connectivity index (χ0v) is 20.1. The number of carbonyl (C=O) groups is 2. The Morgan fingerprint density at radius 3 is 2.19 bits per heavy atom. The summed E-state index contributed by atoms with van der Waals surface area (Å²) in [6.45, 7) is 6.97. The molecule has 0 saturated heterocycles. The Balaban J connectivity index is 0.00000676. The summed E-state index contributed by atoms with van der Waals surface area (Å²) in [5, 5.41) is 6.33. The van der Waals surface area contributed by atoms with Crippen LogP contribution in [0.15, 0.2) is 4.99 Å². The molecule has 0 aromatic rings. The minimum atomic E-state index is -0.272. The maximum absolute atomic E-state index is 12.2. The predicted molar refractivity (Wildman–Crippen MR) is 122 cm³/mol. The molecule has 158 valence electrons. The first-order valence-corrected chi connectivity index (χ1v) is 9.59. The van der Waals surface area contributed by atoms with Gasteiger partial charge in [0.05, 0.1) is 6.54 Å². The van der Waals surface area contributed by atoms with E-state index in [1.807, 2.05) is 27.8 Å². The third-order valence-corrected chi connectivity index (χ3v) is 4.39. The second-order valence-corrected chi connectivity index (χ2v) is 8.47. The summed E-state index contributed by atoms with van der Waals surface area (Å²) in [7, 11) is 5.26. The van der Waals surface area contributed by atoms with Crippen molar-refractivity contribution < 1.29 is 9.59 Å². The molecule has 8 heteroatoms. The number of guanidine groups is 1. The zero-order chi connectivity index (χ0) is 19.7. The van der Waals surface area contributed by atoms with Crippen molar-refractivity contribution in [2.75, 3.05) is 40.8 Å². The van der Waals surface area contributed by atoms with Crippen molar-refractivity contribution in [3.05, 3.63) is 0 Å². The SMILES string of the molecule is CN(C)C(=O)CN=C(NCC1CCCCC1)N(C)CC(=O)NC(C)(C)C.I. The molecule has 1 aliphatic rings. The van der Waals surface area contributed by atoms with Crippen molar-refractivity contribution >= 4 is 41.8 Å². The summed E-state index contributed by atoms with van der Waals surface area (Å²) in [4.78, 5) is 31.8. The molecule has 1 saturated carbocycles. The van der Waals surface area contributed by atoms with Crippen molar-refractivity contribution in [3.63, 3.8) is 0 Å². The molecular formula is C19H38IN5O2. The lowest BCUT2D eigenvalue weighted by Crippen LogP contribution is -2.49. The third kappa shape index (κ3) is 11.4. The van der Waals surface area contributed by atoms with Crippen LogP contribution in [0.25, 0.3) is 0 Å². The average Bonchev–Trinajstić information content (AvgIpc) is 2.53. The summed E-state index contributed by atoms with van der Waals surface area (Å²) < 4.78 is 0. The van der Waals surface area contributed by atoms with E-state index >= 15 is 0 Å². The molecule has 0 spiro atoms. The monoisotopic (exact) mass is 495 g/mol. The van der Waals surface area contributed by atoms with Gasteiger partial charge >= 0.3 is 0 Å². The van der Waals surface area contributed by atoms with E-state index in [-0.39, 0.29) is 54.4 Å². The predicted octanol–water partition coefficient (Wildman–Crippen LogP) is 2.06. The lowest BCUT2D eigenvalue weighted by Gasteiger charge is -2.28. The van der Waals surface area contributed by atoms with E-state index in [9.17, 15) is 9.59 Å². The summed E-state index contributed by atoms with van der Waals surface area (Å²) in [5.74, 6) is 1.12. The third-order valence-electron chi connectivity index (χ3n) is 4.39. The number of nitrogens with one attached hydrogen (secondary N) is 2. The van der Waals surface area contributed by atoms with Gasteiger partial charge in [0.2, 0.25) is 11.8 Å². The van der Waals surface area contributed by atoms with Crippen LogP contribution in [0.3, 0.4) is 0 Å². The van der Waals surface area contributed by atoms with Gasteiger partial charge in [0.15, 0.2) is 5.96 Å². The van der Waals surface area contributed by atoms with Crippen LogP contribution in [-0.2, 0) is 9.59 Å². The minimum absolute atomic E-state index is 0. The van der Waals surface area contributed by atoms with Crippen LogP contribution in [0.4, 0.5) is 0 Å². The highest BCUT2D eigenvalue weighted by Crippen LogP contribution is 2.22. The molecule has 27 heavy (non-hydrogen) atoms. The number of hydrogen-bond acceptors (Lipinski definition) is 3. The standard InChI is InChI=1S/C19H37N5O2.HI/c1-19(2,3)22-16(25)14-24(6)18(21-13-17(26)23(4)5)20-12-15-10-8-7-9-11-15;/h15H,7-14H2,1-6H3,(H,20,21)(H,22,25);1H. The molecule has 1 fully saturated rings. The van der Waals surface area contributed by atoms with Crippen LogP contribution in [-0.4, -0.2) is 73.9 Å². The van der Waals surface area contributed by atoms with Crippen LogP contribution in [0.2, 0.25) is 0 Å². The van der Waals surface area contributed by atoms with Crippen LogP contribution < -0.4 is 10.6 Å². The van der Waals surface area contributed by atoms with Gasteiger partial charge in [-0.1, -0.05) is 19.3 Å². The largest absolute Gasteiger partial charge is 0.356 e. The Kier molecular flexibility index (Phi) is 11.9. The molecular weight excluding hydrogens is 457 g/mol. The van der Waals surface area contributed by atoms with Gasteiger partial charge in [-0.05, 0) is 39.5 Å². The molecule has 1 rings (SSSR count). The van der Waals surface area contributed by atoms with Crippen molar-refractivity contribution in [2.24, 2.45) is 10.9 Å². The maximum atomic E-state index is 12.2. The topological polar surface area (TPSA) is 77.0 Å². The van der Waals surface area contributed by atoms with Gasteiger partial charge in [-0.2, -0.15) is 0 Å². The van der Waals surface area contributed by atoms with Crippen LogP contribution in [0.1, 0.15) is 52.9 Å². The van der Waals surface area contributed by atoms with Crippen LogP contribution >= 0.6 is 24.0 Å². The first-order valence-electron chi connectivity index (χ1n) is 9.59. The number of carbonyl (C=O) groups excluding carboxylic acids is 2. The Morgan fingerprint density at radius 2 is 1.67 bits per heavy atom. The summed E-state index contributed by atoms with van der Waals surface area (Å²) in [6, 6.07) is 0. The molecule has 0 bridgehead atoms. The van der Waals surface area contributed by atoms with E-state index in [1.54, 1.807) is 19.0 Å². The number of nitrogens with zero attached hydrogens (tertiary/aromatic N) is 3. The Hall–Kier alpha value is -1.06. The molecule has 0 aliphatic heterocycles. The van der Waals surface area contributed by atoms with E-state index in [4.69, 9.17) is 0 Å². The van der Waals surface area contributed by atoms with Crippen LogP contribution in [0.5, 0.6) is 0 Å². The summed E-state index contributed by atoms with van der Waals surface area (Å²) in [6.07, 6.45) is 6.33. The molecule has 0 heterocycles. The number of aliphatic imine (C=N–C) groups is 1. The fourth-order valence-corrected chi connectivity index (χ4v) is 2.97. The Bertz CT molecular complexity index is 497. The highest BCUT2D eigenvalue weighted by molar-refractivity contribution is 14.0. The van der Waals surface area contributed by atoms with Crippen LogP contribution in [0, 0.1) is 5.92 Å². The molecule has 2 amide bonds. The van der Waals surface area contributed by atoms with Gasteiger partial charge in [-0.15, -0.1) is 24.0 Å². The molecule has 1 aliphatic carbocycles. The second-order valence-electron chi connectivity index (χ2n) is 8.47. The van der Waals surface area contributed by atoms with E-state index in [0.717, 1.165) is 6.54 Å². The fraction of sp³-hybridized carbons (Fsp3) is 0.842. The van der Waals surface area contributed by atoms with Crippen molar-refractivity contribution in [1.82, 2.24) is 20.4 Å². The van der Waals surface area contributed by atoms with Crippen molar-refractivity contribution in [1.29, 1.82) is 0 Å². The van der Waals surface area contributed by atoms with Gasteiger partial charge in [0.1, 0.15) is 6.54 Å². The van der Waals surface area contributed by atoms with Gasteiger partial charge in [-0.25, -0.2) is 4.99 Å². The highest BCUT2D eigenvalue weighted by Gasteiger charge is 2.19. The maximum Gasteiger partial charge on any atom is 0.243 e. The van der Waals surface area contributed by atoms with Crippen molar-refractivity contribution in [3.8, 4) is 0 Å². The average molecular weight is 495 g/mol. The molecule has 7 nitrogen and oxygen atoms in total. The number of hydrogen-bond donors (Lipinski definition) is 2. The van der Waals surface area contributed by atoms with Gasteiger partial charge in [0.25, 0.3) is 0 Å². The van der Waals surface area contributed by atoms with Crippen molar-refractivity contribution in [2.45, 2.75) is 58.4 Å². The normalized spacial score (nSPS) is 15.6. The quantitative estimate of drug-likeness (QED) is 0.336. The summed E-state index contributed by atoms with van der Waals surface area (Å²) in [5.41, 5.74) is -0.272. The first-order chi connectivity index (χ1) is 12.1. The Morgan fingerprint density at radius 1 is 1.07 bits per heavy atom. The number of halogens is 1. The first kappa shape index (κ1) is 25.9. The molecule has 0 radical (unpaired) electrons. The molecule has 0 unspecified atom stereocenters. The molecule has 2 N–H and O–H groups in total. The van der Waals surface area contributed by atoms with Gasteiger partial charge < -0.3 is 20.4 Å². The number of rotatable bonds is 6. The number of likely N-dealkylation sites (N-methyl/N-ethyl adjacent to an activating group) is 2. The molecule has 0 aromatic carbocycles. The van der Waals surface area contributed by atoms with Gasteiger partial charge in [0, 0.05) is 33.2 Å². The van der Waals surface area contributed by atoms with Gasteiger partial charge in [-0.3, -0.25) is 9.59 Å². The summed E-state index contributed by atoms with van der Waals surface area (Å²) >= 11 is 0. The van der Waals surface area contributed by atoms with E-state index in [0.29, 0.717) is 11.9 Å². The smallest absolute Gasteiger partial charge is 0.243 e. The molecule has 0 aromatic heterocycles. The minimum Gasteiger partial charge on any atom is -0.356 e. The fourth-order valence-electron chi connectivity index (χ4n) is 2.97. The second kappa shape index (κ2) is 12.4. The van der Waals surface area contributed by atoms with E-state index in [2.05, 4.69) is 15.6 Å². The van der Waals surface area contributed by atoms with E-state index < -0.39 is 0 Å².